The van der Waals surface area contributed by atoms with E-state index < -0.39 is 0 Å². The third-order valence-corrected chi connectivity index (χ3v) is 4.11. The average molecular weight is 289 g/mol. The number of rotatable bonds is 3. The predicted molar refractivity (Wildman–Crippen MR) is 72.2 cm³/mol. The molecule has 0 aromatic heterocycles. The van der Waals surface area contributed by atoms with E-state index in [4.69, 9.17) is 4.74 Å². The van der Waals surface area contributed by atoms with E-state index in [1.165, 1.54) is 11.1 Å². The Bertz CT molecular complexity index is 483. The minimum Gasteiger partial charge on any atom is -0.363 e. The highest BCUT2D eigenvalue weighted by Gasteiger charge is 2.45. The monoisotopic (exact) mass is 288 g/mol. The van der Waals surface area contributed by atoms with Gasteiger partial charge in [-0.3, -0.25) is 0 Å². The standard InChI is InChI=1S/C15H13BrO/c16-13(11-7-3-1-4-8-11)15-14(17-15)12-9-5-2-6-10-12/h1-10,13-15H/t13?,14-,15+/m0/s1. The first-order valence-electron chi connectivity index (χ1n) is 5.76. The molecular formula is C15H13BrO. The molecule has 17 heavy (non-hydrogen) atoms. The Morgan fingerprint density at radius 2 is 1.47 bits per heavy atom. The van der Waals surface area contributed by atoms with Crippen molar-refractivity contribution in [2.75, 3.05) is 0 Å². The summed E-state index contributed by atoms with van der Waals surface area (Å²) in [5, 5.41) is 0. The van der Waals surface area contributed by atoms with Crippen LogP contribution in [0.1, 0.15) is 22.1 Å². The Morgan fingerprint density at radius 3 is 2.12 bits per heavy atom. The molecule has 3 rings (SSSR count). The first-order valence-corrected chi connectivity index (χ1v) is 6.67. The number of alkyl halides is 1. The molecule has 1 heterocycles. The summed E-state index contributed by atoms with van der Waals surface area (Å²) in [5.41, 5.74) is 2.54. The molecule has 1 aliphatic rings. The molecule has 0 radical (unpaired) electrons. The summed E-state index contributed by atoms with van der Waals surface area (Å²) in [7, 11) is 0. The SMILES string of the molecule is BrC(c1ccccc1)[C@H]1O[C@H]1c1ccccc1. The lowest BCUT2D eigenvalue weighted by atomic mass is 10.0. The molecule has 0 saturated carbocycles. The number of hydrogen-bond donors (Lipinski definition) is 0. The molecule has 2 aromatic rings. The molecule has 0 bridgehead atoms. The lowest BCUT2D eigenvalue weighted by Crippen LogP contribution is -1.99. The second kappa shape index (κ2) is 4.63. The highest BCUT2D eigenvalue weighted by atomic mass is 79.9. The fourth-order valence-electron chi connectivity index (χ4n) is 2.08. The van der Waals surface area contributed by atoms with Gasteiger partial charge in [0.25, 0.3) is 0 Å². The zero-order valence-corrected chi connectivity index (χ0v) is 10.9. The number of epoxide rings is 1. The lowest BCUT2D eigenvalue weighted by Gasteiger charge is -2.06. The second-order valence-electron chi connectivity index (χ2n) is 4.24. The van der Waals surface area contributed by atoms with Crippen LogP contribution in [0.25, 0.3) is 0 Å². The third-order valence-electron chi connectivity index (χ3n) is 3.06. The molecule has 86 valence electrons. The molecule has 1 aliphatic heterocycles. The molecule has 0 amide bonds. The topological polar surface area (TPSA) is 12.5 Å². The molecule has 0 spiro atoms. The lowest BCUT2D eigenvalue weighted by molar-refractivity contribution is 0.372. The summed E-state index contributed by atoms with van der Waals surface area (Å²) in [6, 6.07) is 20.8. The molecule has 3 atom stereocenters. The maximum atomic E-state index is 5.77. The van der Waals surface area contributed by atoms with E-state index in [-0.39, 0.29) is 17.0 Å². The first kappa shape index (κ1) is 11.0. The summed E-state index contributed by atoms with van der Waals surface area (Å²) >= 11 is 3.73. The van der Waals surface area contributed by atoms with Gasteiger partial charge >= 0.3 is 0 Å². The van der Waals surface area contributed by atoms with E-state index in [9.17, 15) is 0 Å². The quantitative estimate of drug-likeness (QED) is 0.607. The van der Waals surface area contributed by atoms with E-state index in [0.29, 0.717) is 0 Å². The highest BCUT2D eigenvalue weighted by Crippen LogP contribution is 2.49. The Morgan fingerprint density at radius 1 is 0.882 bits per heavy atom. The van der Waals surface area contributed by atoms with Crippen molar-refractivity contribution in [3.05, 3.63) is 71.8 Å². The van der Waals surface area contributed by atoms with Crippen molar-refractivity contribution < 1.29 is 4.74 Å². The second-order valence-corrected chi connectivity index (χ2v) is 5.23. The number of ether oxygens (including phenoxy) is 1. The normalized spacial score (nSPS) is 24.3. The van der Waals surface area contributed by atoms with Gasteiger partial charge in [-0.15, -0.1) is 0 Å². The van der Waals surface area contributed by atoms with Crippen LogP contribution in [0, 0.1) is 0 Å². The van der Waals surface area contributed by atoms with Gasteiger partial charge < -0.3 is 4.74 Å². The molecule has 0 aliphatic carbocycles. The van der Waals surface area contributed by atoms with Gasteiger partial charge in [0.15, 0.2) is 0 Å². The zero-order valence-electron chi connectivity index (χ0n) is 9.29. The largest absolute Gasteiger partial charge is 0.363 e. The molecule has 1 saturated heterocycles. The van der Waals surface area contributed by atoms with Crippen LogP contribution >= 0.6 is 15.9 Å². The van der Waals surface area contributed by atoms with Crippen LogP contribution in [-0.4, -0.2) is 6.10 Å². The maximum Gasteiger partial charge on any atom is 0.111 e. The van der Waals surface area contributed by atoms with Gasteiger partial charge in [0.2, 0.25) is 0 Å². The Kier molecular flexibility index (Phi) is 3.00. The average Bonchev–Trinajstić information content (AvgIpc) is 3.20. The molecule has 1 unspecified atom stereocenters. The van der Waals surface area contributed by atoms with Crippen LogP contribution in [0.15, 0.2) is 60.7 Å². The molecule has 2 aromatic carbocycles. The van der Waals surface area contributed by atoms with Crippen molar-refractivity contribution in [1.82, 2.24) is 0 Å². The highest BCUT2D eigenvalue weighted by molar-refractivity contribution is 9.09. The minimum absolute atomic E-state index is 0.237. The van der Waals surface area contributed by atoms with Crippen LogP contribution in [0.3, 0.4) is 0 Å². The van der Waals surface area contributed by atoms with Gasteiger partial charge in [0.1, 0.15) is 12.2 Å². The molecule has 0 N–H and O–H groups in total. The van der Waals surface area contributed by atoms with Gasteiger partial charge in [-0.2, -0.15) is 0 Å². The van der Waals surface area contributed by atoms with Crippen molar-refractivity contribution >= 4 is 15.9 Å². The molecular weight excluding hydrogens is 276 g/mol. The van der Waals surface area contributed by atoms with Gasteiger partial charge in [-0.05, 0) is 11.1 Å². The van der Waals surface area contributed by atoms with Crippen molar-refractivity contribution in [2.45, 2.75) is 17.0 Å². The number of hydrogen-bond acceptors (Lipinski definition) is 1. The van der Waals surface area contributed by atoms with E-state index >= 15 is 0 Å². The van der Waals surface area contributed by atoms with Crippen LogP contribution in [0.5, 0.6) is 0 Å². The summed E-state index contributed by atoms with van der Waals surface area (Å²) < 4.78 is 5.77. The van der Waals surface area contributed by atoms with Crippen LogP contribution < -0.4 is 0 Å². The molecule has 2 heteroatoms. The van der Waals surface area contributed by atoms with Gasteiger partial charge in [0, 0.05) is 0 Å². The van der Waals surface area contributed by atoms with E-state index in [2.05, 4.69) is 64.5 Å². The van der Waals surface area contributed by atoms with Crippen LogP contribution in [0.2, 0.25) is 0 Å². The van der Waals surface area contributed by atoms with E-state index in [1.54, 1.807) is 0 Å². The number of benzene rings is 2. The van der Waals surface area contributed by atoms with Crippen molar-refractivity contribution in [1.29, 1.82) is 0 Å². The maximum absolute atomic E-state index is 5.77. The van der Waals surface area contributed by atoms with Crippen molar-refractivity contribution in [2.24, 2.45) is 0 Å². The summed E-state index contributed by atoms with van der Waals surface area (Å²) in [6.07, 6.45) is 0.487. The smallest absolute Gasteiger partial charge is 0.111 e. The Hall–Kier alpha value is -1.12. The number of halogens is 1. The predicted octanol–water partition coefficient (Wildman–Crippen LogP) is 4.26. The van der Waals surface area contributed by atoms with Gasteiger partial charge in [-0.1, -0.05) is 76.6 Å². The summed E-state index contributed by atoms with van der Waals surface area (Å²) in [4.78, 5) is 0.272. The van der Waals surface area contributed by atoms with Crippen molar-refractivity contribution in [3.8, 4) is 0 Å². The first-order chi connectivity index (χ1) is 8.36. The van der Waals surface area contributed by atoms with Crippen LogP contribution in [-0.2, 0) is 4.74 Å². The van der Waals surface area contributed by atoms with Crippen molar-refractivity contribution in [3.63, 3.8) is 0 Å². The summed E-state index contributed by atoms with van der Waals surface area (Å²) in [5.74, 6) is 0. The molecule has 1 fully saturated rings. The third kappa shape index (κ3) is 2.28. The Balaban J connectivity index is 1.73. The minimum atomic E-state index is 0.237. The summed E-state index contributed by atoms with van der Waals surface area (Å²) in [6.45, 7) is 0. The van der Waals surface area contributed by atoms with E-state index in [0.717, 1.165) is 0 Å². The van der Waals surface area contributed by atoms with Gasteiger partial charge in [0.05, 0.1) is 4.83 Å². The fourth-order valence-corrected chi connectivity index (χ4v) is 2.79. The zero-order chi connectivity index (χ0) is 11.7. The van der Waals surface area contributed by atoms with Crippen LogP contribution in [0.4, 0.5) is 0 Å². The van der Waals surface area contributed by atoms with E-state index in [1.807, 2.05) is 12.1 Å². The van der Waals surface area contributed by atoms with Gasteiger partial charge in [-0.25, -0.2) is 0 Å². The fraction of sp³-hybridized carbons (Fsp3) is 0.200. The Labute approximate surface area is 110 Å². The molecule has 1 nitrogen and oxygen atoms in total.